The van der Waals surface area contributed by atoms with Gasteiger partial charge in [-0.15, -0.1) is 0 Å². The molecule has 2 aliphatic heterocycles. The molecule has 0 saturated carbocycles. The largest absolute Gasteiger partial charge is 0.495 e. The zero-order chi connectivity index (χ0) is 21.8. The van der Waals surface area contributed by atoms with E-state index in [0.29, 0.717) is 37.3 Å². The Morgan fingerprint density at radius 2 is 1.55 bits per heavy atom. The standard InChI is InChI=1S/C23H29N3O4S/c1-30-22-7-3-2-6-21(22)24-14-16-25(17-15-24)23(27)20-10-8-19(9-11-20)18-31(28,29)26-12-4-5-13-26/h2-3,6-11H,4-5,12-18H2,1H3. The fraction of sp³-hybridized carbons (Fsp3) is 0.435. The first-order valence-electron chi connectivity index (χ1n) is 10.7. The summed E-state index contributed by atoms with van der Waals surface area (Å²) in [7, 11) is -1.62. The number of benzene rings is 2. The van der Waals surface area contributed by atoms with Gasteiger partial charge in [-0.2, -0.15) is 0 Å². The normalized spacial score (nSPS) is 17.7. The second-order valence-corrected chi connectivity index (χ2v) is 9.98. The Morgan fingerprint density at radius 1 is 0.903 bits per heavy atom. The third kappa shape index (κ3) is 4.85. The zero-order valence-corrected chi connectivity index (χ0v) is 18.7. The number of carbonyl (C=O) groups excluding carboxylic acids is 1. The lowest BCUT2D eigenvalue weighted by atomic mass is 10.1. The smallest absolute Gasteiger partial charge is 0.253 e. The SMILES string of the molecule is COc1ccccc1N1CCN(C(=O)c2ccc(CS(=O)(=O)N3CCCC3)cc2)CC1. The molecule has 4 rings (SSSR count). The van der Waals surface area contributed by atoms with Crippen molar-refractivity contribution in [1.82, 2.24) is 9.21 Å². The van der Waals surface area contributed by atoms with Gasteiger partial charge in [0, 0.05) is 44.8 Å². The lowest BCUT2D eigenvalue weighted by molar-refractivity contribution is 0.0746. The minimum atomic E-state index is -3.28. The van der Waals surface area contributed by atoms with E-state index in [-0.39, 0.29) is 11.7 Å². The first kappa shape index (κ1) is 21.6. The molecule has 2 heterocycles. The Bertz CT molecular complexity index is 1010. The number of carbonyl (C=O) groups is 1. The molecule has 2 aliphatic rings. The Kier molecular flexibility index (Phi) is 6.48. The maximum Gasteiger partial charge on any atom is 0.253 e. The molecule has 2 aromatic carbocycles. The van der Waals surface area contributed by atoms with Crippen LogP contribution in [0.1, 0.15) is 28.8 Å². The van der Waals surface area contributed by atoms with Crippen LogP contribution in [0.5, 0.6) is 5.75 Å². The minimum absolute atomic E-state index is 0.0148. The van der Waals surface area contributed by atoms with Crippen molar-refractivity contribution >= 4 is 21.6 Å². The highest BCUT2D eigenvalue weighted by Gasteiger charge is 2.26. The summed E-state index contributed by atoms with van der Waals surface area (Å²) in [6.07, 6.45) is 1.86. The van der Waals surface area contributed by atoms with E-state index in [4.69, 9.17) is 4.74 Å². The van der Waals surface area contributed by atoms with Crippen LogP contribution in [0.2, 0.25) is 0 Å². The lowest BCUT2D eigenvalue weighted by Crippen LogP contribution is -2.48. The quantitative estimate of drug-likeness (QED) is 0.686. The van der Waals surface area contributed by atoms with E-state index in [1.807, 2.05) is 29.2 Å². The molecule has 0 atom stereocenters. The van der Waals surface area contributed by atoms with Crippen LogP contribution < -0.4 is 9.64 Å². The summed E-state index contributed by atoms with van der Waals surface area (Å²) < 4.78 is 32.0. The van der Waals surface area contributed by atoms with Gasteiger partial charge in [0.1, 0.15) is 5.75 Å². The van der Waals surface area contributed by atoms with Gasteiger partial charge in [0.25, 0.3) is 5.91 Å². The molecule has 166 valence electrons. The maximum atomic E-state index is 12.9. The lowest BCUT2D eigenvalue weighted by Gasteiger charge is -2.36. The molecule has 2 saturated heterocycles. The molecule has 1 amide bonds. The van der Waals surface area contributed by atoms with Crippen LogP contribution >= 0.6 is 0 Å². The summed E-state index contributed by atoms with van der Waals surface area (Å²) in [5.74, 6) is 0.800. The number of ether oxygens (including phenoxy) is 1. The monoisotopic (exact) mass is 443 g/mol. The van der Waals surface area contributed by atoms with E-state index in [2.05, 4.69) is 4.90 Å². The van der Waals surface area contributed by atoms with Gasteiger partial charge in [-0.3, -0.25) is 4.79 Å². The summed E-state index contributed by atoms with van der Waals surface area (Å²) in [6, 6.07) is 14.9. The highest BCUT2D eigenvalue weighted by atomic mass is 32.2. The molecule has 0 radical (unpaired) electrons. The van der Waals surface area contributed by atoms with Crippen LogP contribution in [0.25, 0.3) is 0 Å². The fourth-order valence-corrected chi connectivity index (χ4v) is 5.85. The van der Waals surface area contributed by atoms with Crippen LogP contribution in [-0.4, -0.2) is 69.9 Å². The van der Waals surface area contributed by atoms with Crippen molar-refractivity contribution in [3.8, 4) is 5.75 Å². The Morgan fingerprint density at radius 3 is 2.19 bits per heavy atom. The molecule has 2 fully saturated rings. The number of rotatable bonds is 6. The molecule has 2 aromatic rings. The van der Waals surface area contributed by atoms with Gasteiger partial charge in [-0.25, -0.2) is 12.7 Å². The Hall–Kier alpha value is -2.58. The molecule has 0 aliphatic carbocycles. The third-order valence-electron chi connectivity index (χ3n) is 6.00. The number of sulfonamides is 1. The molecule has 0 unspecified atom stereocenters. The van der Waals surface area contributed by atoms with Crippen LogP contribution in [0, 0.1) is 0 Å². The first-order valence-corrected chi connectivity index (χ1v) is 12.3. The Balaban J connectivity index is 1.36. The number of amides is 1. The van der Waals surface area contributed by atoms with Gasteiger partial charge in [-0.1, -0.05) is 24.3 Å². The second kappa shape index (κ2) is 9.28. The summed E-state index contributed by atoms with van der Waals surface area (Å²) in [6.45, 7) is 3.94. The van der Waals surface area contributed by atoms with E-state index < -0.39 is 10.0 Å². The van der Waals surface area contributed by atoms with E-state index in [1.54, 1.807) is 35.7 Å². The Labute approximate surface area is 184 Å². The van der Waals surface area contributed by atoms with Crippen LogP contribution in [0.15, 0.2) is 48.5 Å². The van der Waals surface area contributed by atoms with Gasteiger partial charge in [-0.05, 0) is 42.7 Å². The molecule has 7 nitrogen and oxygen atoms in total. The van der Waals surface area contributed by atoms with E-state index in [0.717, 1.165) is 37.4 Å². The predicted octanol–water partition coefficient (Wildman–Crippen LogP) is 2.58. The van der Waals surface area contributed by atoms with E-state index in [1.165, 1.54) is 0 Å². The minimum Gasteiger partial charge on any atom is -0.495 e. The number of anilines is 1. The van der Waals surface area contributed by atoms with Crippen molar-refractivity contribution in [2.45, 2.75) is 18.6 Å². The molecular formula is C23H29N3O4S. The molecule has 8 heteroatoms. The molecule has 31 heavy (non-hydrogen) atoms. The maximum absolute atomic E-state index is 12.9. The third-order valence-corrected chi connectivity index (χ3v) is 7.85. The first-order chi connectivity index (χ1) is 15.0. The number of nitrogens with zero attached hydrogens (tertiary/aromatic N) is 3. The van der Waals surface area contributed by atoms with Gasteiger partial charge < -0.3 is 14.5 Å². The van der Waals surface area contributed by atoms with Gasteiger partial charge in [0.15, 0.2) is 0 Å². The summed E-state index contributed by atoms with van der Waals surface area (Å²) in [4.78, 5) is 17.0. The van der Waals surface area contributed by atoms with Crippen molar-refractivity contribution < 1.29 is 17.9 Å². The summed E-state index contributed by atoms with van der Waals surface area (Å²) in [5, 5.41) is 0. The van der Waals surface area contributed by atoms with Crippen molar-refractivity contribution in [3.05, 3.63) is 59.7 Å². The highest BCUT2D eigenvalue weighted by molar-refractivity contribution is 7.88. The average Bonchev–Trinajstić information content (AvgIpc) is 3.35. The number of methoxy groups -OCH3 is 1. The summed E-state index contributed by atoms with van der Waals surface area (Å²) in [5.41, 5.74) is 2.35. The number of hydrogen-bond donors (Lipinski definition) is 0. The second-order valence-electron chi connectivity index (χ2n) is 8.01. The van der Waals surface area contributed by atoms with Crippen molar-refractivity contribution in [2.75, 3.05) is 51.3 Å². The van der Waals surface area contributed by atoms with Crippen molar-refractivity contribution in [2.24, 2.45) is 0 Å². The van der Waals surface area contributed by atoms with Crippen LogP contribution in [0.3, 0.4) is 0 Å². The number of para-hydroxylation sites is 2. The number of piperazine rings is 1. The van der Waals surface area contributed by atoms with Gasteiger partial charge in [0.2, 0.25) is 10.0 Å². The van der Waals surface area contributed by atoms with E-state index in [9.17, 15) is 13.2 Å². The average molecular weight is 444 g/mol. The van der Waals surface area contributed by atoms with Crippen LogP contribution in [0.4, 0.5) is 5.69 Å². The van der Waals surface area contributed by atoms with Crippen LogP contribution in [-0.2, 0) is 15.8 Å². The molecule has 0 spiro atoms. The van der Waals surface area contributed by atoms with Crippen molar-refractivity contribution in [1.29, 1.82) is 0 Å². The molecule has 0 N–H and O–H groups in total. The molecule has 0 bridgehead atoms. The topological polar surface area (TPSA) is 70.2 Å². The predicted molar refractivity (Wildman–Crippen MR) is 121 cm³/mol. The van der Waals surface area contributed by atoms with Gasteiger partial charge >= 0.3 is 0 Å². The van der Waals surface area contributed by atoms with E-state index >= 15 is 0 Å². The molecule has 0 aromatic heterocycles. The van der Waals surface area contributed by atoms with Crippen molar-refractivity contribution in [3.63, 3.8) is 0 Å². The highest BCUT2D eigenvalue weighted by Crippen LogP contribution is 2.28. The van der Waals surface area contributed by atoms with Gasteiger partial charge in [0.05, 0.1) is 18.6 Å². The number of hydrogen-bond acceptors (Lipinski definition) is 5. The molecular weight excluding hydrogens is 414 g/mol. The zero-order valence-electron chi connectivity index (χ0n) is 17.9. The fourth-order valence-electron chi connectivity index (χ4n) is 4.24. The summed E-state index contributed by atoms with van der Waals surface area (Å²) >= 11 is 0.